The highest BCUT2D eigenvalue weighted by Gasteiger charge is 2.16. The minimum absolute atomic E-state index is 0.362. The van der Waals surface area contributed by atoms with E-state index < -0.39 is 30.2 Å². The average molecular weight is 347 g/mol. The van der Waals surface area contributed by atoms with E-state index in [1.165, 1.54) is 13.0 Å². The molecule has 0 aliphatic heterocycles. The zero-order valence-corrected chi connectivity index (χ0v) is 14.2. The molecule has 7 nitrogen and oxygen atoms in total. The number of unbranched alkanes of at least 4 members (excludes halogenated alkanes) is 1. The summed E-state index contributed by atoms with van der Waals surface area (Å²) in [6.45, 7) is 3.12. The smallest absolute Gasteiger partial charge is 0.336 e. The highest BCUT2D eigenvalue weighted by Crippen LogP contribution is 2.24. The Morgan fingerprint density at radius 2 is 2.08 bits per heavy atom. The first-order chi connectivity index (χ1) is 11.9. The summed E-state index contributed by atoms with van der Waals surface area (Å²) >= 11 is 0. The topological polar surface area (TPSA) is 106 Å². The third-order valence-electron chi connectivity index (χ3n) is 3.70. The fraction of sp³-hybridized carbons (Fsp3) is 0.389. The molecule has 0 saturated heterocycles. The first-order valence-corrected chi connectivity index (χ1v) is 8.13. The van der Waals surface area contributed by atoms with Gasteiger partial charge in [-0.25, -0.2) is 4.79 Å². The molecule has 0 fully saturated rings. The number of carboxylic acid groups (broad SMARTS) is 1. The fourth-order valence-corrected chi connectivity index (χ4v) is 2.42. The number of carbonyl (C=O) groups is 2. The van der Waals surface area contributed by atoms with Gasteiger partial charge in [-0.1, -0.05) is 13.3 Å². The number of aryl methyl sites for hydroxylation is 1. The molecule has 1 aromatic heterocycles. The van der Waals surface area contributed by atoms with Gasteiger partial charge in [-0.2, -0.15) is 0 Å². The van der Waals surface area contributed by atoms with Crippen LogP contribution in [-0.4, -0.2) is 29.6 Å². The van der Waals surface area contributed by atoms with E-state index in [0.29, 0.717) is 11.3 Å². The van der Waals surface area contributed by atoms with Crippen molar-refractivity contribution in [3.8, 4) is 5.75 Å². The molecule has 134 valence electrons. The maximum Gasteiger partial charge on any atom is 0.336 e. The van der Waals surface area contributed by atoms with Crippen molar-refractivity contribution >= 4 is 22.8 Å². The van der Waals surface area contributed by atoms with E-state index in [-0.39, 0.29) is 0 Å². The van der Waals surface area contributed by atoms with E-state index in [2.05, 4.69) is 12.2 Å². The normalized spacial score (nSPS) is 11.9. The van der Waals surface area contributed by atoms with Crippen molar-refractivity contribution in [1.29, 1.82) is 0 Å². The zero-order chi connectivity index (χ0) is 18.4. The Morgan fingerprint density at radius 3 is 2.76 bits per heavy atom. The van der Waals surface area contributed by atoms with Gasteiger partial charge in [0.05, 0.1) is 0 Å². The molecule has 0 spiro atoms. The third kappa shape index (κ3) is 5.07. The number of hydrogen-bond donors (Lipinski definition) is 2. The monoisotopic (exact) mass is 347 g/mol. The molecule has 1 heterocycles. The van der Waals surface area contributed by atoms with Crippen molar-refractivity contribution in [3.05, 3.63) is 40.2 Å². The Balaban J connectivity index is 2.19. The lowest BCUT2D eigenvalue weighted by Crippen LogP contribution is -2.39. The summed E-state index contributed by atoms with van der Waals surface area (Å²) in [4.78, 5) is 34.0. The Hall–Kier alpha value is -2.83. The molecule has 0 aliphatic carbocycles. The van der Waals surface area contributed by atoms with Crippen molar-refractivity contribution in [2.75, 3.05) is 6.54 Å². The molecule has 7 heteroatoms. The number of carboxylic acids is 1. The highest BCUT2D eigenvalue weighted by molar-refractivity contribution is 5.85. The van der Waals surface area contributed by atoms with E-state index in [1.807, 2.05) is 0 Å². The van der Waals surface area contributed by atoms with Crippen LogP contribution in [-0.2, 0) is 16.0 Å². The average Bonchev–Trinajstić information content (AvgIpc) is 2.56. The highest BCUT2D eigenvalue weighted by atomic mass is 16.5. The molecule has 1 atom stereocenters. The summed E-state index contributed by atoms with van der Waals surface area (Å²) < 4.78 is 10.7. The van der Waals surface area contributed by atoms with Gasteiger partial charge in [0, 0.05) is 17.5 Å². The van der Waals surface area contributed by atoms with Crippen LogP contribution in [0, 0.1) is 0 Å². The molecule has 0 bridgehead atoms. The summed E-state index contributed by atoms with van der Waals surface area (Å²) in [7, 11) is 0. The number of fused-ring (bicyclic) bond motifs is 1. The van der Waals surface area contributed by atoms with Crippen molar-refractivity contribution in [3.63, 3.8) is 0 Å². The first-order valence-electron chi connectivity index (χ1n) is 8.13. The van der Waals surface area contributed by atoms with Gasteiger partial charge < -0.3 is 19.6 Å². The molecule has 25 heavy (non-hydrogen) atoms. The third-order valence-corrected chi connectivity index (χ3v) is 3.70. The number of amides is 1. The molecular formula is C18H21NO6. The predicted molar refractivity (Wildman–Crippen MR) is 91.8 cm³/mol. The molecule has 2 aromatic rings. The number of ether oxygens (including phenoxy) is 1. The first kappa shape index (κ1) is 18.5. The molecule has 1 unspecified atom stereocenters. The number of nitrogens with one attached hydrogen (secondary N) is 1. The van der Waals surface area contributed by atoms with Gasteiger partial charge in [0.1, 0.15) is 17.9 Å². The van der Waals surface area contributed by atoms with Crippen LogP contribution >= 0.6 is 0 Å². The maximum atomic E-state index is 11.8. The van der Waals surface area contributed by atoms with Crippen LogP contribution in [0.5, 0.6) is 5.75 Å². The minimum Gasteiger partial charge on any atom is -0.481 e. The van der Waals surface area contributed by atoms with E-state index in [0.717, 1.165) is 30.2 Å². The van der Waals surface area contributed by atoms with Gasteiger partial charge in [0.25, 0.3) is 5.91 Å². The van der Waals surface area contributed by atoms with Crippen molar-refractivity contribution in [1.82, 2.24) is 5.32 Å². The number of aliphatic carboxylic acids is 1. The van der Waals surface area contributed by atoms with Gasteiger partial charge in [0.2, 0.25) is 0 Å². The van der Waals surface area contributed by atoms with Gasteiger partial charge in [0.15, 0.2) is 6.10 Å². The van der Waals surface area contributed by atoms with Crippen molar-refractivity contribution in [2.45, 2.75) is 39.2 Å². The fourth-order valence-electron chi connectivity index (χ4n) is 2.42. The summed E-state index contributed by atoms with van der Waals surface area (Å²) in [6, 6.07) is 6.55. The molecular weight excluding hydrogens is 326 g/mol. The van der Waals surface area contributed by atoms with E-state index in [4.69, 9.17) is 14.3 Å². The molecule has 1 aromatic carbocycles. The summed E-state index contributed by atoms with van der Waals surface area (Å²) in [5.41, 5.74) is 0.893. The molecule has 0 aliphatic rings. The van der Waals surface area contributed by atoms with Gasteiger partial charge in [-0.15, -0.1) is 0 Å². The van der Waals surface area contributed by atoms with Crippen LogP contribution in [0.2, 0.25) is 0 Å². The van der Waals surface area contributed by atoms with Gasteiger partial charge in [-0.3, -0.25) is 9.59 Å². The Labute approximate surface area is 144 Å². The molecule has 0 radical (unpaired) electrons. The minimum atomic E-state index is -1.13. The standard InChI is InChI=1S/C18H21NO6/c1-3-4-5-12-8-17(22)25-15-9-13(6-7-14(12)15)24-11(2)18(23)19-10-16(20)21/h6-9,11H,3-5,10H2,1-2H3,(H,19,23)(H,20,21). The Kier molecular flexibility index (Phi) is 6.16. The second-order valence-electron chi connectivity index (χ2n) is 5.72. The van der Waals surface area contributed by atoms with Crippen LogP contribution in [0.15, 0.2) is 33.5 Å². The van der Waals surface area contributed by atoms with Crippen LogP contribution in [0.1, 0.15) is 32.3 Å². The lowest BCUT2D eigenvalue weighted by molar-refractivity contribution is -0.139. The molecule has 0 saturated carbocycles. The number of carbonyl (C=O) groups excluding carboxylic acids is 1. The second-order valence-corrected chi connectivity index (χ2v) is 5.72. The van der Waals surface area contributed by atoms with Crippen LogP contribution in [0.4, 0.5) is 0 Å². The lowest BCUT2D eigenvalue weighted by atomic mass is 10.0. The van der Waals surface area contributed by atoms with Gasteiger partial charge in [-0.05, 0) is 37.5 Å². The second kappa shape index (κ2) is 8.32. The van der Waals surface area contributed by atoms with Crippen LogP contribution in [0.3, 0.4) is 0 Å². The maximum absolute atomic E-state index is 11.8. The van der Waals surface area contributed by atoms with Gasteiger partial charge >= 0.3 is 11.6 Å². The Bertz CT molecular complexity index is 826. The predicted octanol–water partition coefficient (Wildman–Crippen LogP) is 2.10. The molecule has 2 rings (SSSR count). The van der Waals surface area contributed by atoms with E-state index in [1.54, 1.807) is 18.2 Å². The summed E-state index contributed by atoms with van der Waals surface area (Å²) in [5, 5.41) is 11.6. The SMILES string of the molecule is CCCCc1cc(=O)oc2cc(OC(C)C(=O)NCC(=O)O)ccc12. The van der Waals surface area contributed by atoms with Crippen LogP contribution < -0.4 is 15.7 Å². The van der Waals surface area contributed by atoms with E-state index in [9.17, 15) is 14.4 Å². The van der Waals surface area contributed by atoms with Crippen molar-refractivity contribution < 1.29 is 23.8 Å². The number of benzene rings is 1. The molecule has 2 N–H and O–H groups in total. The van der Waals surface area contributed by atoms with E-state index >= 15 is 0 Å². The van der Waals surface area contributed by atoms with Crippen molar-refractivity contribution in [2.24, 2.45) is 0 Å². The van der Waals surface area contributed by atoms with Crippen LogP contribution in [0.25, 0.3) is 11.0 Å². The molecule has 1 amide bonds. The summed E-state index contributed by atoms with van der Waals surface area (Å²) in [5.74, 6) is -1.31. The quantitative estimate of drug-likeness (QED) is 0.709. The number of rotatable bonds is 8. The lowest BCUT2D eigenvalue weighted by Gasteiger charge is -2.14. The Morgan fingerprint density at radius 1 is 1.32 bits per heavy atom. The number of hydrogen-bond acceptors (Lipinski definition) is 5. The largest absolute Gasteiger partial charge is 0.481 e. The zero-order valence-electron chi connectivity index (χ0n) is 14.2. The summed E-state index contributed by atoms with van der Waals surface area (Å²) in [6.07, 6.45) is 1.89.